The Bertz CT molecular complexity index is 1630. The molecular weight excluding hydrogens is 759 g/mol. The summed E-state index contributed by atoms with van der Waals surface area (Å²) in [6, 6.07) is 3.51. The van der Waals surface area contributed by atoms with Crippen LogP contribution in [0.5, 0.6) is 5.75 Å². The van der Waals surface area contributed by atoms with Crippen molar-refractivity contribution in [3.05, 3.63) is 29.8 Å². The number of thioether (sulfide) groups is 1. The number of likely N-dealkylation sites (N-methyl/N-ethyl adjacent to an activating group) is 2. The Labute approximate surface area is 350 Å². The first-order valence-corrected chi connectivity index (χ1v) is 22.1. The van der Waals surface area contributed by atoms with E-state index in [0.717, 1.165) is 10.6 Å². The molecule has 1 aromatic rings. The summed E-state index contributed by atoms with van der Waals surface area (Å²) < 4.78 is 11.6. The van der Waals surface area contributed by atoms with Gasteiger partial charge in [0.2, 0.25) is 23.6 Å². The van der Waals surface area contributed by atoms with E-state index in [1.54, 1.807) is 56.9 Å². The summed E-state index contributed by atoms with van der Waals surface area (Å²) >= 11 is 1.60. The van der Waals surface area contributed by atoms with Crippen LogP contribution in [-0.2, 0) is 35.1 Å². The molecule has 0 saturated carbocycles. The van der Waals surface area contributed by atoms with Crippen molar-refractivity contribution in [2.45, 2.75) is 149 Å². The van der Waals surface area contributed by atoms with Crippen molar-refractivity contribution < 1.29 is 38.6 Å². The molecular formula is C44H69N5O8S. The minimum absolute atomic E-state index is 0.0138. The van der Waals surface area contributed by atoms with Gasteiger partial charge in [-0.3, -0.25) is 24.2 Å². The molecule has 14 heteroatoms. The molecule has 10 atom stereocenters. The molecule has 0 radical (unpaired) electrons. The van der Waals surface area contributed by atoms with Crippen LogP contribution >= 0.6 is 11.8 Å². The second-order valence-corrected chi connectivity index (χ2v) is 19.0. The number of aliphatic hydroxyl groups is 1. The fourth-order valence-electron chi connectivity index (χ4n) is 8.13. The van der Waals surface area contributed by atoms with E-state index < -0.39 is 59.6 Å². The first-order chi connectivity index (χ1) is 27.3. The van der Waals surface area contributed by atoms with Gasteiger partial charge in [0.15, 0.2) is 0 Å². The summed E-state index contributed by atoms with van der Waals surface area (Å²) in [6.45, 7) is 16.0. The highest BCUT2D eigenvalue weighted by Gasteiger charge is 2.44. The largest absolute Gasteiger partial charge is 0.497 e. The summed E-state index contributed by atoms with van der Waals surface area (Å²) in [5, 5.41) is 15.2. The molecule has 3 aliphatic heterocycles. The minimum Gasteiger partial charge on any atom is -0.497 e. The third-order valence-corrected chi connectivity index (χ3v) is 13.7. The predicted octanol–water partition coefficient (Wildman–Crippen LogP) is 5.11. The third-order valence-electron chi connectivity index (χ3n) is 12.4. The van der Waals surface area contributed by atoms with Gasteiger partial charge in [0.05, 0.1) is 24.3 Å². The minimum atomic E-state index is -0.976. The van der Waals surface area contributed by atoms with Crippen molar-refractivity contribution in [3.8, 4) is 5.75 Å². The Morgan fingerprint density at radius 1 is 0.983 bits per heavy atom. The Kier molecular flexibility index (Phi) is 16.7. The SMILES string of the molecule is CC[C@H](C)[C@@H]1C(=O)N2CCC[C@@H]2C(=O)O[C@H](C(C)(C)C)C[C@H](C)C[C@H](O)[C@@H](C)C2=N[C@H](CCC(=O)N[C@H](Cc3ccc(OC)cc3)C(=O)N(C)[C@H](C)C(=O)N1C)CS2. The van der Waals surface area contributed by atoms with E-state index in [1.807, 2.05) is 53.7 Å². The van der Waals surface area contributed by atoms with Gasteiger partial charge in [0.1, 0.15) is 36.0 Å². The monoisotopic (exact) mass is 827 g/mol. The number of ether oxygens (including phenoxy) is 2. The number of hydrogen-bond acceptors (Lipinski definition) is 10. The summed E-state index contributed by atoms with van der Waals surface area (Å²) in [4.78, 5) is 80.0. The maximum absolute atomic E-state index is 14.6. The second kappa shape index (κ2) is 20.5. The van der Waals surface area contributed by atoms with E-state index in [2.05, 4.69) is 12.2 Å². The van der Waals surface area contributed by atoms with Crippen molar-refractivity contribution in [2.75, 3.05) is 33.5 Å². The maximum atomic E-state index is 14.6. The summed E-state index contributed by atoms with van der Waals surface area (Å²) in [6.07, 6.45) is 2.36. The highest BCUT2D eigenvalue weighted by atomic mass is 32.2. The number of hydrogen-bond donors (Lipinski definition) is 2. The number of benzene rings is 1. The second-order valence-electron chi connectivity index (χ2n) is 18.0. The first kappa shape index (κ1) is 47.0. The van der Waals surface area contributed by atoms with Crippen LogP contribution in [0.15, 0.2) is 29.3 Å². The van der Waals surface area contributed by atoms with Gasteiger partial charge in [-0.2, -0.15) is 0 Å². The molecule has 1 fully saturated rings. The van der Waals surface area contributed by atoms with Gasteiger partial charge in [0, 0.05) is 45.2 Å². The van der Waals surface area contributed by atoms with Crippen molar-refractivity contribution in [1.82, 2.24) is 20.0 Å². The molecule has 0 aromatic heterocycles. The van der Waals surface area contributed by atoms with Gasteiger partial charge in [-0.25, -0.2) is 4.79 Å². The van der Waals surface area contributed by atoms with Crippen LogP contribution in [0.3, 0.4) is 0 Å². The van der Waals surface area contributed by atoms with Gasteiger partial charge in [-0.1, -0.05) is 67.0 Å². The number of carbonyl (C=O) groups excluding carboxylic acids is 5. The lowest BCUT2D eigenvalue weighted by atomic mass is 9.81. The number of cyclic esters (lactones) is 1. The lowest BCUT2D eigenvalue weighted by Crippen LogP contribution is -2.59. The summed E-state index contributed by atoms with van der Waals surface area (Å²) in [7, 11) is 4.70. The molecule has 58 heavy (non-hydrogen) atoms. The summed E-state index contributed by atoms with van der Waals surface area (Å²) in [5.74, 6) is -1.06. The zero-order valence-corrected chi connectivity index (χ0v) is 37.5. The molecule has 3 aliphatic rings. The zero-order chi connectivity index (χ0) is 43.1. The van der Waals surface area contributed by atoms with Gasteiger partial charge in [-0.15, -0.1) is 11.8 Å². The maximum Gasteiger partial charge on any atom is 0.329 e. The normalized spacial score (nSPS) is 31.2. The fraction of sp³-hybridized carbons (Fsp3) is 0.727. The lowest BCUT2D eigenvalue weighted by molar-refractivity contribution is -0.166. The van der Waals surface area contributed by atoms with Crippen LogP contribution in [-0.4, -0.2) is 130 Å². The van der Waals surface area contributed by atoms with Crippen LogP contribution in [0.4, 0.5) is 0 Å². The smallest absolute Gasteiger partial charge is 0.329 e. The zero-order valence-electron chi connectivity index (χ0n) is 36.7. The van der Waals surface area contributed by atoms with Crippen LogP contribution in [0.25, 0.3) is 0 Å². The van der Waals surface area contributed by atoms with Gasteiger partial charge < -0.3 is 34.6 Å². The number of aliphatic imine (C=N–C) groups is 1. The lowest BCUT2D eigenvalue weighted by Gasteiger charge is -2.39. The number of fused-ring (bicyclic) bond motifs is 2. The average Bonchev–Trinajstić information content (AvgIpc) is 3.88. The molecule has 0 spiro atoms. The highest BCUT2D eigenvalue weighted by Crippen LogP contribution is 2.34. The number of methoxy groups -OCH3 is 1. The average molecular weight is 828 g/mol. The van der Waals surface area contributed by atoms with E-state index in [0.29, 0.717) is 56.6 Å². The molecule has 3 heterocycles. The van der Waals surface area contributed by atoms with Crippen LogP contribution in [0.2, 0.25) is 0 Å². The van der Waals surface area contributed by atoms with E-state index in [1.165, 1.54) is 9.80 Å². The topological polar surface area (TPSA) is 158 Å². The third kappa shape index (κ3) is 11.8. The van der Waals surface area contributed by atoms with Crippen LogP contribution in [0, 0.1) is 23.2 Å². The molecule has 2 N–H and O–H groups in total. The Balaban J connectivity index is 1.69. The van der Waals surface area contributed by atoms with E-state index in [4.69, 9.17) is 14.5 Å². The quantitative estimate of drug-likeness (QED) is 0.385. The van der Waals surface area contributed by atoms with Crippen molar-refractivity contribution in [3.63, 3.8) is 0 Å². The molecule has 4 amide bonds. The number of nitrogens with zero attached hydrogens (tertiary/aromatic N) is 4. The van der Waals surface area contributed by atoms with E-state index in [9.17, 15) is 29.1 Å². The standard InChI is InChI=1S/C44H69N5O8S/c1-12-27(3)38-42(54)49-21-13-14-34(49)43(55)57-36(44(6,7)8)23-26(2)22-35(50)28(4)39-45-31(25-58-39)17-20-37(51)46-33(24-30-15-18-32(56-11)19-16-30)41(53)47(9)29(5)40(52)48(38)10/h15-16,18-19,26-29,31,33-36,38,50H,12-14,17,20-25H2,1-11H3,(H,46,51)/t26-,27+,28-,29-,31-,33-,34-,35+,36+,38-/m1/s1. The molecule has 0 unspecified atom stereocenters. The van der Waals surface area contributed by atoms with E-state index >= 15 is 0 Å². The molecule has 0 aliphatic carbocycles. The number of nitrogens with one attached hydrogen (secondary N) is 1. The van der Waals surface area contributed by atoms with Crippen LogP contribution in [0.1, 0.15) is 106 Å². The van der Waals surface area contributed by atoms with Crippen molar-refractivity contribution in [2.24, 2.45) is 28.2 Å². The fourth-order valence-corrected chi connectivity index (χ4v) is 9.38. The number of carbonyl (C=O) groups is 5. The number of esters is 1. The van der Waals surface area contributed by atoms with Crippen molar-refractivity contribution >= 4 is 46.4 Å². The van der Waals surface area contributed by atoms with Gasteiger partial charge in [0.25, 0.3) is 0 Å². The number of amides is 4. The van der Waals surface area contributed by atoms with Crippen LogP contribution < -0.4 is 10.1 Å². The predicted molar refractivity (Wildman–Crippen MR) is 227 cm³/mol. The molecule has 2 bridgehead atoms. The number of aliphatic hydroxyl groups excluding tert-OH is 1. The Morgan fingerprint density at radius 2 is 1.66 bits per heavy atom. The molecule has 4 rings (SSSR count). The van der Waals surface area contributed by atoms with Gasteiger partial charge in [-0.05, 0) is 74.0 Å². The van der Waals surface area contributed by atoms with E-state index in [-0.39, 0.29) is 48.5 Å². The number of rotatable bonds is 5. The highest BCUT2D eigenvalue weighted by molar-refractivity contribution is 8.14. The van der Waals surface area contributed by atoms with Crippen molar-refractivity contribution in [1.29, 1.82) is 0 Å². The molecule has 1 saturated heterocycles. The Morgan fingerprint density at radius 3 is 2.28 bits per heavy atom. The Hall–Kier alpha value is -3.65. The summed E-state index contributed by atoms with van der Waals surface area (Å²) in [5.41, 5.74) is 0.396. The molecule has 13 nitrogen and oxygen atoms in total. The molecule has 324 valence electrons. The first-order valence-electron chi connectivity index (χ1n) is 21.1. The molecule has 1 aromatic carbocycles. The van der Waals surface area contributed by atoms with Gasteiger partial charge >= 0.3 is 5.97 Å².